The highest BCUT2D eigenvalue weighted by atomic mass is 16.2. The number of amides is 1. The molecule has 0 radical (unpaired) electrons. The first kappa shape index (κ1) is 16.5. The van der Waals surface area contributed by atoms with Gasteiger partial charge in [0.2, 0.25) is 5.91 Å². The maximum atomic E-state index is 12.6. The smallest absolute Gasteiger partial charge is 0.246 e. The fourth-order valence-electron chi connectivity index (χ4n) is 2.90. The molecule has 2 heterocycles. The van der Waals surface area contributed by atoms with Gasteiger partial charge in [-0.15, -0.1) is 0 Å². The van der Waals surface area contributed by atoms with Crippen LogP contribution in [-0.2, 0) is 11.8 Å². The molecule has 4 rings (SSSR count). The number of nitrogens with zero attached hydrogens (tertiary/aromatic N) is 4. The maximum Gasteiger partial charge on any atom is 0.246 e. The Morgan fingerprint density at radius 2 is 2.08 bits per heavy atom. The molecule has 8 heteroatoms. The number of likely N-dealkylation sites (N-methyl/N-ethyl adjacent to an activating group) is 1. The van der Waals surface area contributed by atoms with E-state index in [0.29, 0.717) is 11.7 Å². The van der Waals surface area contributed by atoms with Crippen LogP contribution >= 0.6 is 0 Å². The number of nitrogens with one attached hydrogen (secondary N) is 3. The first-order valence-corrected chi connectivity index (χ1v) is 8.63. The van der Waals surface area contributed by atoms with Gasteiger partial charge in [-0.05, 0) is 44.2 Å². The zero-order valence-corrected chi connectivity index (χ0v) is 14.7. The molecule has 3 N–H and O–H groups in total. The van der Waals surface area contributed by atoms with Crippen LogP contribution in [0.3, 0.4) is 0 Å². The molecular formula is C18H21N7O. The third-order valence-electron chi connectivity index (χ3n) is 4.49. The van der Waals surface area contributed by atoms with Crippen molar-refractivity contribution in [2.45, 2.75) is 24.8 Å². The van der Waals surface area contributed by atoms with Crippen LogP contribution in [0.5, 0.6) is 0 Å². The third kappa shape index (κ3) is 3.36. The molecule has 8 nitrogen and oxygen atoms in total. The van der Waals surface area contributed by atoms with Gasteiger partial charge in [-0.2, -0.15) is 10.2 Å². The lowest BCUT2D eigenvalue weighted by Crippen LogP contribution is -2.30. The van der Waals surface area contributed by atoms with Crippen LogP contribution in [0, 0.1) is 0 Å². The number of aromatic amines is 1. The normalized spacial score (nSPS) is 15.0. The van der Waals surface area contributed by atoms with E-state index < -0.39 is 6.04 Å². The van der Waals surface area contributed by atoms with Gasteiger partial charge in [0.05, 0.1) is 6.20 Å². The number of anilines is 1. The van der Waals surface area contributed by atoms with E-state index in [2.05, 4.69) is 30.9 Å². The molecule has 134 valence electrons. The SMILES string of the molecule is CNC(C(=O)Nc1ccc(-c2n[nH]c(C3CC3)n2)cc1)c1cnn(C)c1. The Morgan fingerprint density at radius 1 is 1.31 bits per heavy atom. The van der Waals surface area contributed by atoms with E-state index in [1.54, 1.807) is 17.9 Å². The number of rotatable bonds is 6. The standard InChI is InChI=1S/C18H21N7O/c1-19-15(13-9-20-25(2)10-13)18(26)21-14-7-5-12(6-8-14)17-22-16(23-24-17)11-3-4-11/h5-11,15,19H,3-4H2,1-2H3,(H,21,26)(H,22,23,24). The number of carbonyl (C=O) groups excluding carboxylic acids is 1. The molecule has 1 saturated carbocycles. The van der Waals surface area contributed by atoms with Crippen molar-refractivity contribution >= 4 is 11.6 Å². The fraction of sp³-hybridized carbons (Fsp3) is 0.333. The topological polar surface area (TPSA) is 101 Å². The summed E-state index contributed by atoms with van der Waals surface area (Å²) in [5.74, 6) is 2.06. The molecule has 2 aromatic heterocycles. The highest BCUT2D eigenvalue weighted by Crippen LogP contribution is 2.38. The molecule has 0 aliphatic heterocycles. The van der Waals surface area contributed by atoms with Crippen molar-refractivity contribution in [3.63, 3.8) is 0 Å². The minimum Gasteiger partial charge on any atom is -0.324 e. The molecule has 1 unspecified atom stereocenters. The minimum atomic E-state index is -0.461. The number of aromatic nitrogens is 5. The van der Waals surface area contributed by atoms with Gasteiger partial charge >= 0.3 is 0 Å². The highest BCUT2D eigenvalue weighted by molar-refractivity contribution is 5.95. The Bertz CT molecular complexity index is 908. The summed E-state index contributed by atoms with van der Waals surface area (Å²) in [5.41, 5.74) is 2.46. The van der Waals surface area contributed by atoms with Gasteiger partial charge in [-0.3, -0.25) is 14.6 Å². The first-order chi connectivity index (χ1) is 12.6. The number of hydrogen-bond acceptors (Lipinski definition) is 5. The number of H-pyrrole nitrogens is 1. The van der Waals surface area contributed by atoms with E-state index in [-0.39, 0.29) is 5.91 Å². The Hall–Kier alpha value is -3.00. The lowest BCUT2D eigenvalue weighted by Gasteiger charge is -2.14. The molecule has 26 heavy (non-hydrogen) atoms. The Kier molecular flexibility index (Phi) is 4.26. The molecule has 1 amide bonds. The molecular weight excluding hydrogens is 330 g/mol. The van der Waals surface area contributed by atoms with E-state index in [1.807, 2.05) is 37.5 Å². The summed E-state index contributed by atoms with van der Waals surface area (Å²) < 4.78 is 1.68. The fourth-order valence-corrected chi connectivity index (χ4v) is 2.90. The molecule has 0 spiro atoms. The lowest BCUT2D eigenvalue weighted by atomic mass is 10.1. The summed E-state index contributed by atoms with van der Waals surface area (Å²) in [6.07, 6.45) is 5.88. The van der Waals surface area contributed by atoms with Crippen LogP contribution in [-0.4, -0.2) is 37.9 Å². The van der Waals surface area contributed by atoms with Crippen LogP contribution in [0.1, 0.15) is 36.2 Å². The van der Waals surface area contributed by atoms with Crippen molar-refractivity contribution in [1.29, 1.82) is 0 Å². The Balaban J connectivity index is 1.45. The van der Waals surface area contributed by atoms with Crippen LogP contribution < -0.4 is 10.6 Å². The highest BCUT2D eigenvalue weighted by Gasteiger charge is 2.27. The molecule has 1 fully saturated rings. The second-order valence-corrected chi connectivity index (χ2v) is 6.55. The van der Waals surface area contributed by atoms with E-state index in [9.17, 15) is 4.79 Å². The van der Waals surface area contributed by atoms with E-state index >= 15 is 0 Å². The summed E-state index contributed by atoms with van der Waals surface area (Å²) in [6.45, 7) is 0. The molecule has 1 aliphatic carbocycles. The van der Waals surface area contributed by atoms with Crippen molar-refractivity contribution in [1.82, 2.24) is 30.3 Å². The number of carbonyl (C=O) groups is 1. The third-order valence-corrected chi connectivity index (χ3v) is 4.49. The van der Waals surface area contributed by atoms with Gasteiger partial charge in [0, 0.05) is 36.0 Å². The predicted molar refractivity (Wildman–Crippen MR) is 97.4 cm³/mol. The van der Waals surface area contributed by atoms with Crippen molar-refractivity contribution in [3.8, 4) is 11.4 Å². The summed E-state index contributed by atoms with van der Waals surface area (Å²) in [5, 5.41) is 17.4. The van der Waals surface area contributed by atoms with E-state index in [1.165, 1.54) is 12.8 Å². The van der Waals surface area contributed by atoms with Gasteiger partial charge in [0.1, 0.15) is 11.9 Å². The quantitative estimate of drug-likeness (QED) is 0.630. The second kappa shape index (κ2) is 6.72. The molecule has 3 aromatic rings. The van der Waals surface area contributed by atoms with Gasteiger partial charge in [0.25, 0.3) is 0 Å². The lowest BCUT2D eigenvalue weighted by molar-refractivity contribution is -0.118. The van der Waals surface area contributed by atoms with Crippen molar-refractivity contribution in [2.75, 3.05) is 12.4 Å². The van der Waals surface area contributed by atoms with Crippen molar-refractivity contribution in [2.24, 2.45) is 7.05 Å². The monoisotopic (exact) mass is 351 g/mol. The molecule has 0 saturated heterocycles. The van der Waals surface area contributed by atoms with Crippen LogP contribution in [0.4, 0.5) is 5.69 Å². The summed E-state index contributed by atoms with van der Waals surface area (Å²) in [7, 11) is 3.58. The Labute approximate surface area is 151 Å². The first-order valence-electron chi connectivity index (χ1n) is 8.63. The number of hydrogen-bond donors (Lipinski definition) is 3. The zero-order chi connectivity index (χ0) is 18.1. The number of aryl methyl sites for hydroxylation is 1. The van der Waals surface area contributed by atoms with Crippen molar-refractivity contribution in [3.05, 3.63) is 48.0 Å². The summed E-state index contributed by atoms with van der Waals surface area (Å²) in [6, 6.07) is 7.08. The largest absolute Gasteiger partial charge is 0.324 e. The van der Waals surface area contributed by atoms with E-state index in [4.69, 9.17) is 0 Å². The van der Waals surface area contributed by atoms with Crippen LogP contribution in [0.2, 0.25) is 0 Å². The van der Waals surface area contributed by atoms with Gasteiger partial charge in [0.15, 0.2) is 5.82 Å². The summed E-state index contributed by atoms with van der Waals surface area (Å²) >= 11 is 0. The zero-order valence-electron chi connectivity index (χ0n) is 14.7. The molecule has 1 aromatic carbocycles. The van der Waals surface area contributed by atoms with Crippen LogP contribution in [0.15, 0.2) is 36.7 Å². The van der Waals surface area contributed by atoms with Crippen molar-refractivity contribution < 1.29 is 4.79 Å². The van der Waals surface area contributed by atoms with Crippen LogP contribution in [0.25, 0.3) is 11.4 Å². The van der Waals surface area contributed by atoms with Gasteiger partial charge < -0.3 is 10.6 Å². The second-order valence-electron chi connectivity index (χ2n) is 6.55. The Morgan fingerprint density at radius 3 is 2.69 bits per heavy atom. The number of benzene rings is 1. The average molecular weight is 351 g/mol. The predicted octanol–water partition coefficient (Wildman–Crippen LogP) is 1.98. The van der Waals surface area contributed by atoms with Gasteiger partial charge in [-0.1, -0.05) is 0 Å². The molecule has 1 atom stereocenters. The molecule has 0 bridgehead atoms. The minimum absolute atomic E-state index is 0.137. The maximum absolute atomic E-state index is 12.6. The van der Waals surface area contributed by atoms with Gasteiger partial charge in [-0.25, -0.2) is 4.98 Å². The van der Waals surface area contributed by atoms with E-state index in [0.717, 1.165) is 22.6 Å². The summed E-state index contributed by atoms with van der Waals surface area (Å²) in [4.78, 5) is 17.1. The molecule has 1 aliphatic rings. The average Bonchev–Trinajstić information content (AvgIpc) is 3.22.